The van der Waals surface area contributed by atoms with Crippen molar-refractivity contribution < 1.29 is 33.6 Å². The Balaban J connectivity index is 1.06. The first kappa shape index (κ1) is 33.0. The second-order valence-corrected chi connectivity index (χ2v) is 18.5. The molecule has 0 bridgehead atoms. The van der Waals surface area contributed by atoms with Gasteiger partial charge in [-0.3, -0.25) is 4.79 Å². The number of hydrogen-bond donors (Lipinski definition) is 1. The monoisotopic (exact) mass is 660 g/mol. The summed E-state index contributed by atoms with van der Waals surface area (Å²) in [5.41, 5.74) is 0.670. The maximum Gasteiger partial charge on any atom is 0.331 e. The first-order chi connectivity index (χ1) is 22.6. The second-order valence-electron chi connectivity index (χ2n) is 18.5. The van der Waals surface area contributed by atoms with Crippen molar-refractivity contribution in [2.75, 3.05) is 0 Å². The Hall–Kier alpha value is -2.22. The van der Waals surface area contributed by atoms with Crippen LogP contribution in [0.4, 0.5) is 0 Å². The highest BCUT2D eigenvalue weighted by atomic mass is 16.7. The highest BCUT2D eigenvalue weighted by Crippen LogP contribution is 2.91. The molecule has 1 aromatic carbocycles. The van der Waals surface area contributed by atoms with Crippen molar-refractivity contribution >= 4 is 18.0 Å². The molecule has 1 N–H and O–H groups in total. The lowest BCUT2D eigenvalue weighted by molar-refractivity contribution is -0.251. The largest absolute Gasteiger partial charge is 0.462 e. The van der Waals surface area contributed by atoms with Gasteiger partial charge in [-0.2, -0.15) is 0 Å². The van der Waals surface area contributed by atoms with E-state index in [1.807, 2.05) is 36.4 Å². The number of rotatable bonds is 6. The van der Waals surface area contributed by atoms with Crippen LogP contribution in [0.1, 0.15) is 112 Å². The van der Waals surface area contributed by atoms with Crippen LogP contribution < -0.4 is 0 Å². The van der Waals surface area contributed by atoms with Crippen molar-refractivity contribution in [2.45, 2.75) is 143 Å². The van der Waals surface area contributed by atoms with Gasteiger partial charge in [-0.15, -0.1) is 0 Å². The van der Waals surface area contributed by atoms with Crippen molar-refractivity contribution in [1.82, 2.24) is 0 Å². The Morgan fingerprint density at radius 1 is 0.896 bits per heavy atom. The number of benzene rings is 1. The number of carbonyl (C=O) groups is 2. The van der Waals surface area contributed by atoms with Gasteiger partial charge in [-0.05, 0) is 117 Å². The Morgan fingerprint density at radius 2 is 1.62 bits per heavy atom. The highest BCUT2D eigenvalue weighted by Gasteiger charge is 2.86. The van der Waals surface area contributed by atoms with Crippen LogP contribution in [0, 0.1) is 50.7 Å². The molecule has 2 aliphatic heterocycles. The number of aliphatic hydroxyl groups excluding tert-OH is 1. The van der Waals surface area contributed by atoms with Crippen molar-refractivity contribution in [3.63, 3.8) is 0 Å². The summed E-state index contributed by atoms with van der Waals surface area (Å²) in [4.78, 5) is 26.0. The SMILES string of the molecule is CC(=O)OC1CC2C(C)(C)C(OC(=O)C=Cc3ccccc3)CCC2(C)C2CCC34CC3(CCC4C3CC(C4OC4(C)C)OC3O)C12C. The maximum atomic E-state index is 13.1. The Morgan fingerprint density at radius 3 is 2.31 bits per heavy atom. The minimum atomic E-state index is -0.741. The normalized spacial score (nSPS) is 49.3. The van der Waals surface area contributed by atoms with Crippen molar-refractivity contribution in [2.24, 2.45) is 50.7 Å². The van der Waals surface area contributed by atoms with Gasteiger partial charge in [0.1, 0.15) is 18.3 Å². The number of esters is 2. The molecule has 7 fully saturated rings. The predicted octanol–water partition coefficient (Wildman–Crippen LogP) is 7.49. The number of epoxide rings is 1. The van der Waals surface area contributed by atoms with Gasteiger partial charge in [-0.25, -0.2) is 4.79 Å². The molecule has 0 amide bonds. The summed E-state index contributed by atoms with van der Waals surface area (Å²) in [6.45, 7) is 15.3. The number of fused-ring (bicyclic) bond motifs is 3. The van der Waals surface area contributed by atoms with E-state index in [1.54, 1.807) is 13.0 Å². The predicted molar refractivity (Wildman–Crippen MR) is 181 cm³/mol. The molecule has 7 heteroatoms. The van der Waals surface area contributed by atoms with Crippen LogP contribution >= 0.6 is 0 Å². The molecule has 13 atom stereocenters. The molecule has 1 aromatic rings. The Labute approximate surface area is 286 Å². The van der Waals surface area contributed by atoms with E-state index in [-0.39, 0.29) is 80.9 Å². The summed E-state index contributed by atoms with van der Waals surface area (Å²) in [6, 6.07) is 9.83. The zero-order valence-electron chi connectivity index (χ0n) is 30.0. The van der Waals surface area contributed by atoms with Crippen LogP contribution in [-0.4, -0.2) is 53.4 Å². The summed E-state index contributed by atoms with van der Waals surface area (Å²) in [5, 5.41) is 11.3. The number of hydrogen-bond acceptors (Lipinski definition) is 7. The van der Waals surface area contributed by atoms with Gasteiger partial charge < -0.3 is 24.1 Å². The summed E-state index contributed by atoms with van der Waals surface area (Å²) in [6.07, 6.45) is 11.4. The van der Waals surface area contributed by atoms with Crippen molar-refractivity contribution in [3.8, 4) is 0 Å². The lowest BCUT2D eigenvalue weighted by Crippen LogP contribution is -2.67. The molecule has 13 unspecified atom stereocenters. The Kier molecular flexibility index (Phi) is 7.31. The fourth-order valence-corrected chi connectivity index (χ4v) is 13.8. The summed E-state index contributed by atoms with van der Waals surface area (Å²) < 4.78 is 24.9. The molecule has 0 aromatic heterocycles. The minimum absolute atomic E-state index is 0.0369. The Bertz CT molecular complexity index is 1500. The van der Waals surface area contributed by atoms with Crippen molar-refractivity contribution in [1.29, 1.82) is 0 Å². The minimum Gasteiger partial charge on any atom is -0.462 e. The molecule has 2 saturated heterocycles. The average molecular weight is 661 g/mol. The smallest absolute Gasteiger partial charge is 0.331 e. The topological polar surface area (TPSA) is 94.6 Å². The van der Waals surface area contributed by atoms with Gasteiger partial charge >= 0.3 is 11.9 Å². The van der Waals surface area contributed by atoms with E-state index in [0.29, 0.717) is 11.8 Å². The van der Waals surface area contributed by atoms with Gasteiger partial charge in [-0.1, -0.05) is 58.0 Å². The summed E-state index contributed by atoms with van der Waals surface area (Å²) >= 11 is 0. The zero-order chi connectivity index (χ0) is 34.1. The summed E-state index contributed by atoms with van der Waals surface area (Å²) in [7, 11) is 0. The lowest BCUT2D eigenvalue weighted by atomic mass is 9.37. The molecule has 0 radical (unpaired) electrons. The lowest BCUT2D eigenvalue weighted by Gasteiger charge is -2.68. The number of aliphatic hydroxyl groups is 1. The fraction of sp³-hybridized carbons (Fsp3) is 0.756. The molecule has 262 valence electrons. The van der Waals surface area contributed by atoms with E-state index in [9.17, 15) is 14.7 Å². The standard InChI is InChI=1S/C41H56O7/c1-24(42)45-32-22-30-36(2,3)31(47-33(43)14-13-25-11-9-8-10-12-25)17-18-38(30,6)29-16-19-40-23-41(40,39(29,32)7)20-15-27(40)26-21-28(46-35(26)44)34-37(4,5)48-34/h8-14,26-32,34-35,44H,15-23H2,1-7H3. The fourth-order valence-electron chi connectivity index (χ4n) is 13.8. The third-order valence-corrected chi connectivity index (χ3v) is 15.9. The van der Waals surface area contributed by atoms with E-state index in [2.05, 4.69) is 41.5 Å². The third kappa shape index (κ3) is 4.48. The first-order valence-electron chi connectivity index (χ1n) is 18.7. The van der Waals surface area contributed by atoms with Gasteiger partial charge in [0.2, 0.25) is 0 Å². The molecule has 2 heterocycles. The molecule has 7 aliphatic rings. The average Bonchev–Trinajstić information content (AvgIpc) is 3.78. The molecular formula is C41H56O7. The van der Waals surface area contributed by atoms with Crippen molar-refractivity contribution in [3.05, 3.63) is 42.0 Å². The van der Waals surface area contributed by atoms with Crippen LogP contribution in [0.15, 0.2) is 36.4 Å². The molecule has 5 saturated carbocycles. The highest BCUT2D eigenvalue weighted by molar-refractivity contribution is 5.87. The molecule has 5 aliphatic carbocycles. The molecule has 0 spiro atoms. The van der Waals surface area contributed by atoms with Crippen LogP contribution in [0.2, 0.25) is 0 Å². The van der Waals surface area contributed by atoms with E-state index < -0.39 is 6.29 Å². The van der Waals surface area contributed by atoms with E-state index in [1.165, 1.54) is 0 Å². The first-order valence-corrected chi connectivity index (χ1v) is 18.7. The van der Waals surface area contributed by atoms with Crippen LogP contribution in [0.3, 0.4) is 0 Å². The van der Waals surface area contributed by atoms with Crippen LogP contribution in [0.25, 0.3) is 6.08 Å². The molecule has 7 nitrogen and oxygen atoms in total. The van der Waals surface area contributed by atoms with E-state index in [0.717, 1.165) is 63.4 Å². The van der Waals surface area contributed by atoms with Gasteiger partial charge in [0.15, 0.2) is 6.29 Å². The third-order valence-electron chi connectivity index (χ3n) is 15.9. The quantitative estimate of drug-likeness (QED) is 0.192. The van der Waals surface area contributed by atoms with E-state index in [4.69, 9.17) is 18.9 Å². The zero-order valence-corrected chi connectivity index (χ0v) is 30.0. The van der Waals surface area contributed by atoms with Gasteiger partial charge in [0.05, 0.1) is 11.7 Å². The van der Waals surface area contributed by atoms with Crippen LogP contribution in [-0.2, 0) is 28.5 Å². The molecule has 8 rings (SSSR count). The second kappa shape index (κ2) is 10.6. The maximum absolute atomic E-state index is 13.1. The molecular weight excluding hydrogens is 604 g/mol. The van der Waals surface area contributed by atoms with Gasteiger partial charge in [0.25, 0.3) is 0 Å². The van der Waals surface area contributed by atoms with E-state index >= 15 is 0 Å². The molecule has 48 heavy (non-hydrogen) atoms. The summed E-state index contributed by atoms with van der Waals surface area (Å²) in [5.74, 6) is 0.670. The number of ether oxygens (including phenoxy) is 4. The number of carbonyl (C=O) groups excluding carboxylic acids is 2. The van der Waals surface area contributed by atoms with Gasteiger partial charge in [0, 0.05) is 29.7 Å². The van der Waals surface area contributed by atoms with Crippen LogP contribution in [0.5, 0.6) is 0 Å².